The zero-order valence-electron chi connectivity index (χ0n) is 14.9. The van der Waals surface area contributed by atoms with E-state index >= 15 is 0 Å². The molecule has 1 aliphatic carbocycles. The summed E-state index contributed by atoms with van der Waals surface area (Å²) in [5.74, 6) is 1.67. The lowest BCUT2D eigenvalue weighted by Crippen LogP contribution is -2.27. The van der Waals surface area contributed by atoms with Gasteiger partial charge in [0.25, 0.3) is 0 Å². The van der Waals surface area contributed by atoms with Gasteiger partial charge >= 0.3 is 5.97 Å². The van der Waals surface area contributed by atoms with Crippen molar-refractivity contribution in [1.82, 2.24) is 0 Å². The quantitative estimate of drug-likeness (QED) is 0.757. The lowest BCUT2D eigenvalue weighted by molar-refractivity contribution is -0.150. The first-order valence-corrected chi connectivity index (χ1v) is 8.57. The Balaban J connectivity index is 0.000000384. The molecule has 21 heavy (non-hydrogen) atoms. The van der Waals surface area contributed by atoms with Crippen molar-refractivity contribution in [1.29, 1.82) is 0 Å². The summed E-state index contributed by atoms with van der Waals surface area (Å²) in [5.41, 5.74) is 0. The number of aliphatic hydroxyl groups is 1. The summed E-state index contributed by atoms with van der Waals surface area (Å²) in [5, 5.41) is 9.39. The molecule has 1 rings (SSSR count). The Kier molecular flexibility index (Phi) is 10.8. The van der Waals surface area contributed by atoms with Crippen molar-refractivity contribution in [2.75, 3.05) is 0 Å². The van der Waals surface area contributed by atoms with E-state index in [1.807, 2.05) is 0 Å². The molecule has 3 nitrogen and oxygen atoms in total. The van der Waals surface area contributed by atoms with E-state index < -0.39 is 0 Å². The molecule has 0 spiro atoms. The van der Waals surface area contributed by atoms with E-state index in [2.05, 4.69) is 34.6 Å². The first kappa shape index (κ1) is 20.4. The molecule has 2 unspecified atom stereocenters. The highest BCUT2D eigenvalue weighted by Gasteiger charge is 2.23. The molecular weight excluding hydrogens is 264 g/mol. The lowest BCUT2D eigenvalue weighted by atomic mass is 9.88. The highest BCUT2D eigenvalue weighted by molar-refractivity contribution is 5.66. The standard InChI is InChI=1S/C9H16O2.C9H20O/c1-7-5-3-4-6-9(7)11-8(2)10;1-7(2)5-9(10)6-8(3)4/h7,9H,3-6H2,1-2H3;7-10H,5-6H2,1-4H3. The SMILES string of the molecule is CC(=O)OC1CCCCC1C.CC(C)CC(O)CC(C)C. The molecule has 0 aliphatic heterocycles. The normalized spacial score (nSPS) is 22.2. The summed E-state index contributed by atoms with van der Waals surface area (Å²) in [6.07, 6.45) is 6.76. The van der Waals surface area contributed by atoms with Crippen LogP contribution in [0.4, 0.5) is 0 Å². The Hall–Kier alpha value is -0.570. The highest BCUT2D eigenvalue weighted by atomic mass is 16.5. The van der Waals surface area contributed by atoms with Crippen LogP contribution in [0.3, 0.4) is 0 Å². The molecule has 1 N–H and O–H groups in total. The Morgan fingerprint density at radius 3 is 1.95 bits per heavy atom. The van der Waals surface area contributed by atoms with Gasteiger partial charge in [0.15, 0.2) is 0 Å². The zero-order valence-corrected chi connectivity index (χ0v) is 14.9. The monoisotopic (exact) mass is 300 g/mol. The molecule has 0 aromatic heterocycles. The van der Waals surface area contributed by atoms with E-state index in [-0.39, 0.29) is 18.2 Å². The number of esters is 1. The Bertz CT molecular complexity index is 264. The minimum Gasteiger partial charge on any atom is -0.462 e. The topological polar surface area (TPSA) is 46.5 Å². The third-order valence-electron chi connectivity index (χ3n) is 3.84. The Morgan fingerprint density at radius 1 is 1.10 bits per heavy atom. The van der Waals surface area contributed by atoms with E-state index in [4.69, 9.17) is 4.74 Å². The molecule has 0 heterocycles. The molecule has 126 valence electrons. The van der Waals surface area contributed by atoms with Crippen LogP contribution in [0.1, 0.15) is 80.1 Å². The zero-order chi connectivity index (χ0) is 16.4. The summed E-state index contributed by atoms with van der Waals surface area (Å²) >= 11 is 0. The van der Waals surface area contributed by atoms with Gasteiger partial charge in [-0.25, -0.2) is 0 Å². The summed E-state index contributed by atoms with van der Waals surface area (Å²) in [7, 11) is 0. The molecule has 0 saturated heterocycles. The fraction of sp³-hybridized carbons (Fsp3) is 0.944. The van der Waals surface area contributed by atoms with Gasteiger partial charge in [0.1, 0.15) is 6.10 Å². The average molecular weight is 300 g/mol. The second-order valence-electron chi connectivity index (χ2n) is 7.32. The maximum absolute atomic E-state index is 10.6. The van der Waals surface area contributed by atoms with Gasteiger partial charge in [0.2, 0.25) is 0 Å². The maximum atomic E-state index is 10.6. The largest absolute Gasteiger partial charge is 0.462 e. The fourth-order valence-corrected chi connectivity index (χ4v) is 2.86. The van der Waals surface area contributed by atoms with Crippen LogP contribution in [0.25, 0.3) is 0 Å². The molecular formula is C18H36O3. The Labute approximate surface area is 131 Å². The van der Waals surface area contributed by atoms with Crippen LogP contribution in [-0.2, 0) is 9.53 Å². The van der Waals surface area contributed by atoms with Gasteiger partial charge in [-0.15, -0.1) is 0 Å². The van der Waals surface area contributed by atoms with E-state index in [0.717, 1.165) is 19.3 Å². The number of hydrogen-bond donors (Lipinski definition) is 1. The first-order valence-electron chi connectivity index (χ1n) is 8.57. The van der Waals surface area contributed by atoms with E-state index in [1.54, 1.807) is 0 Å². The van der Waals surface area contributed by atoms with Crippen molar-refractivity contribution in [2.45, 2.75) is 92.3 Å². The van der Waals surface area contributed by atoms with E-state index in [0.29, 0.717) is 17.8 Å². The molecule has 0 amide bonds. The van der Waals surface area contributed by atoms with Crippen molar-refractivity contribution >= 4 is 5.97 Å². The predicted molar refractivity (Wildman–Crippen MR) is 88.1 cm³/mol. The van der Waals surface area contributed by atoms with E-state index in [9.17, 15) is 9.90 Å². The van der Waals surface area contributed by atoms with Crippen molar-refractivity contribution in [3.05, 3.63) is 0 Å². The number of hydrogen-bond acceptors (Lipinski definition) is 3. The minimum absolute atomic E-state index is 0.0833. The van der Waals surface area contributed by atoms with Crippen molar-refractivity contribution in [3.63, 3.8) is 0 Å². The summed E-state index contributed by atoms with van der Waals surface area (Å²) in [6.45, 7) is 12.2. The minimum atomic E-state index is -0.135. The highest BCUT2D eigenvalue weighted by Crippen LogP contribution is 2.26. The number of rotatable bonds is 5. The Morgan fingerprint density at radius 2 is 1.57 bits per heavy atom. The van der Waals surface area contributed by atoms with Gasteiger partial charge in [-0.1, -0.05) is 41.0 Å². The van der Waals surface area contributed by atoms with Crippen LogP contribution in [0, 0.1) is 17.8 Å². The van der Waals surface area contributed by atoms with Crippen LogP contribution in [0.2, 0.25) is 0 Å². The van der Waals surface area contributed by atoms with Crippen molar-refractivity contribution in [2.24, 2.45) is 17.8 Å². The average Bonchev–Trinajstić information content (AvgIpc) is 2.30. The van der Waals surface area contributed by atoms with Gasteiger partial charge in [-0.2, -0.15) is 0 Å². The van der Waals surface area contributed by atoms with Crippen LogP contribution in [0.5, 0.6) is 0 Å². The number of carbonyl (C=O) groups excluding carboxylic acids is 1. The molecule has 0 radical (unpaired) electrons. The van der Waals surface area contributed by atoms with Crippen LogP contribution in [0.15, 0.2) is 0 Å². The molecule has 1 fully saturated rings. The predicted octanol–water partition coefficient (Wildman–Crippen LogP) is 4.57. The van der Waals surface area contributed by atoms with Gasteiger partial charge in [-0.3, -0.25) is 4.79 Å². The smallest absolute Gasteiger partial charge is 0.302 e. The van der Waals surface area contributed by atoms with Crippen molar-refractivity contribution < 1.29 is 14.6 Å². The van der Waals surface area contributed by atoms with Gasteiger partial charge < -0.3 is 9.84 Å². The first-order chi connectivity index (χ1) is 9.72. The molecule has 3 heteroatoms. The molecule has 0 aromatic rings. The summed E-state index contributed by atoms with van der Waals surface area (Å²) in [4.78, 5) is 10.6. The summed E-state index contributed by atoms with van der Waals surface area (Å²) < 4.78 is 5.16. The molecule has 0 bridgehead atoms. The maximum Gasteiger partial charge on any atom is 0.302 e. The van der Waals surface area contributed by atoms with Crippen molar-refractivity contribution in [3.8, 4) is 0 Å². The third-order valence-corrected chi connectivity index (χ3v) is 3.84. The molecule has 2 atom stereocenters. The lowest BCUT2D eigenvalue weighted by Gasteiger charge is -2.27. The van der Waals surface area contributed by atoms with Crippen LogP contribution < -0.4 is 0 Å². The number of ether oxygens (including phenoxy) is 1. The van der Waals surface area contributed by atoms with E-state index in [1.165, 1.54) is 26.2 Å². The van der Waals surface area contributed by atoms with Crippen LogP contribution in [-0.4, -0.2) is 23.3 Å². The fourth-order valence-electron chi connectivity index (χ4n) is 2.86. The number of carbonyl (C=O) groups is 1. The van der Waals surface area contributed by atoms with Gasteiger partial charge in [0.05, 0.1) is 6.10 Å². The summed E-state index contributed by atoms with van der Waals surface area (Å²) in [6, 6.07) is 0. The second-order valence-corrected chi connectivity index (χ2v) is 7.32. The molecule has 1 saturated carbocycles. The second kappa shape index (κ2) is 11.1. The van der Waals surface area contributed by atoms with Crippen LogP contribution >= 0.6 is 0 Å². The third kappa shape index (κ3) is 11.7. The molecule has 0 aromatic carbocycles. The number of aliphatic hydroxyl groups excluding tert-OH is 1. The van der Waals surface area contributed by atoms with Gasteiger partial charge in [0, 0.05) is 6.92 Å². The van der Waals surface area contributed by atoms with Gasteiger partial charge in [-0.05, 0) is 49.9 Å². The molecule has 1 aliphatic rings.